The van der Waals surface area contributed by atoms with Crippen LogP contribution in [0.2, 0.25) is 0 Å². The molecule has 434 valence electrons. The van der Waals surface area contributed by atoms with Crippen molar-refractivity contribution in [2.75, 3.05) is 73.0 Å². The lowest BCUT2D eigenvalue weighted by molar-refractivity contribution is -0.167. The van der Waals surface area contributed by atoms with E-state index >= 15 is 0 Å². The average Bonchev–Trinajstić information content (AvgIpc) is 3.44. The van der Waals surface area contributed by atoms with Gasteiger partial charge in [0, 0.05) is 64.5 Å². The molecule has 4 aliphatic carbocycles. The largest absolute Gasteiger partial charge is 0.463 e. The number of carbonyl (C=O) groups excluding carboxylic acids is 7. The zero-order valence-corrected chi connectivity index (χ0v) is 48.5. The molecule has 0 spiro atoms. The molecule has 0 radical (unpaired) electrons. The highest BCUT2D eigenvalue weighted by atomic mass is 32.2. The van der Waals surface area contributed by atoms with Gasteiger partial charge in [-0.1, -0.05) is 154 Å². The van der Waals surface area contributed by atoms with E-state index in [0.717, 1.165) is 70.6 Å². The maximum atomic E-state index is 12.8. The van der Waals surface area contributed by atoms with Crippen LogP contribution in [-0.4, -0.2) is 136 Å². The van der Waals surface area contributed by atoms with Gasteiger partial charge in [-0.15, -0.1) is 0 Å². The third kappa shape index (κ3) is 35.7. The van der Waals surface area contributed by atoms with Crippen molar-refractivity contribution in [3.05, 3.63) is 0 Å². The molecule has 0 atom stereocenters. The number of hydrogen-bond acceptors (Lipinski definition) is 15. The van der Waals surface area contributed by atoms with Crippen LogP contribution in [0.4, 0.5) is 4.79 Å². The van der Waals surface area contributed by atoms with E-state index in [1.54, 1.807) is 12.0 Å². The van der Waals surface area contributed by atoms with Crippen LogP contribution in [0, 0.1) is 23.7 Å². The number of aldehydes is 1. The van der Waals surface area contributed by atoms with Crippen LogP contribution in [0.15, 0.2) is 0 Å². The van der Waals surface area contributed by atoms with Gasteiger partial charge in [-0.25, -0.2) is 0 Å². The summed E-state index contributed by atoms with van der Waals surface area (Å²) in [5, 5.41) is -0.0591. The van der Waals surface area contributed by atoms with Crippen molar-refractivity contribution >= 4 is 53.1 Å². The number of unbranched alkanes of at least 4 members (excludes halogenated alkanes) is 1. The Labute approximate surface area is 457 Å². The number of esters is 5. The second-order valence-electron chi connectivity index (χ2n) is 21.5. The molecule has 4 aliphatic rings. The van der Waals surface area contributed by atoms with Crippen LogP contribution in [0.25, 0.3) is 0 Å². The van der Waals surface area contributed by atoms with Crippen LogP contribution in [0.5, 0.6) is 0 Å². The van der Waals surface area contributed by atoms with Crippen LogP contribution >= 0.6 is 11.8 Å². The number of carbonyl (C=O) groups is 7. The molecule has 75 heavy (non-hydrogen) atoms. The maximum Gasteiger partial charge on any atom is 0.306 e. The Kier molecular flexibility index (Phi) is 40.5. The Morgan fingerprint density at radius 2 is 0.840 bits per heavy atom. The van der Waals surface area contributed by atoms with E-state index in [4.69, 9.17) is 28.4 Å². The SMILES string of the molecule is CC.CN(C)CCCSC(=O)N(CCCC=O)CCCC(=O)OC(COC(=O)CCC1CCCCC1)COC(=O)CCC1CCCCC1.COC(COC(=O)CCC1CCCCC1)COC(=O)CCC1CCCCC1. The molecule has 0 heterocycles. The van der Waals surface area contributed by atoms with E-state index in [0.29, 0.717) is 87.5 Å². The zero-order chi connectivity index (χ0) is 54.7. The van der Waals surface area contributed by atoms with Crippen molar-refractivity contribution in [2.45, 2.75) is 238 Å². The minimum Gasteiger partial charge on any atom is -0.463 e. The molecule has 0 N–H and O–H groups in total. The summed E-state index contributed by atoms with van der Waals surface area (Å²) in [6.45, 7) is 5.68. The zero-order valence-electron chi connectivity index (χ0n) is 47.6. The van der Waals surface area contributed by atoms with Gasteiger partial charge >= 0.3 is 29.8 Å². The Hall–Kier alpha value is -3.24. The number of methoxy groups -OCH3 is 1. The minimum atomic E-state index is -0.887. The molecule has 0 aromatic heterocycles. The number of nitrogens with zero attached hydrogens (tertiary/aromatic N) is 2. The quantitative estimate of drug-likeness (QED) is 0.0257. The third-order valence-corrected chi connectivity index (χ3v) is 16.1. The topological polar surface area (TPSA) is 181 Å². The first-order chi connectivity index (χ1) is 36.4. The van der Waals surface area contributed by atoms with Crippen molar-refractivity contribution in [1.82, 2.24) is 9.80 Å². The van der Waals surface area contributed by atoms with Gasteiger partial charge in [-0.2, -0.15) is 0 Å². The fourth-order valence-corrected chi connectivity index (χ4v) is 11.3. The van der Waals surface area contributed by atoms with Gasteiger partial charge in [0.25, 0.3) is 5.24 Å². The summed E-state index contributed by atoms with van der Waals surface area (Å²) in [6, 6.07) is 0. The number of hydrogen-bond donors (Lipinski definition) is 0. The minimum absolute atomic E-state index is 0.0591. The Morgan fingerprint density at radius 3 is 1.19 bits per heavy atom. The summed E-state index contributed by atoms with van der Waals surface area (Å²) >= 11 is 1.26. The normalized spacial score (nSPS) is 16.7. The van der Waals surface area contributed by atoms with E-state index in [1.807, 2.05) is 27.9 Å². The van der Waals surface area contributed by atoms with E-state index in [-0.39, 0.29) is 68.1 Å². The fourth-order valence-electron chi connectivity index (χ4n) is 10.5. The molecule has 0 bridgehead atoms. The van der Waals surface area contributed by atoms with Gasteiger partial charge in [-0.3, -0.25) is 28.8 Å². The highest BCUT2D eigenvalue weighted by Crippen LogP contribution is 2.30. The number of amides is 1. The van der Waals surface area contributed by atoms with E-state index in [9.17, 15) is 33.6 Å². The molecule has 0 unspecified atom stereocenters. The van der Waals surface area contributed by atoms with Crippen LogP contribution < -0.4 is 0 Å². The van der Waals surface area contributed by atoms with Gasteiger partial charge in [0.1, 0.15) is 38.8 Å². The molecule has 0 aromatic rings. The summed E-state index contributed by atoms with van der Waals surface area (Å²) in [4.78, 5) is 89.1. The molecule has 15 nitrogen and oxygen atoms in total. The molecule has 0 aliphatic heterocycles. The predicted molar refractivity (Wildman–Crippen MR) is 296 cm³/mol. The summed E-state index contributed by atoms with van der Waals surface area (Å²) in [6.07, 6.45) is 31.7. The van der Waals surface area contributed by atoms with E-state index in [2.05, 4.69) is 4.90 Å². The smallest absolute Gasteiger partial charge is 0.306 e. The van der Waals surface area contributed by atoms with Gasteiger partial charge in [0.2, 0.25) is 0 Å². The molecular weight excluding hydrogens is 977 g/mol. The monoisotopic (exact) mass is 1080 g/mol. The molecule has 0 saturated heterocycles. The molecular formula is C59H104N2O13S. The first-order valence-electron chi connectivity index (χ1n) is 29.8. The Morgan fingerprint density at radius 1 is 0.480 bits per heavy atom. The Bertz CT molecular complexity index is 1450. The van der Waals surface area contributed by atoms with Crippen molar-refractivity contribution in [3.63, 3.8) is 0 Å². The Balaban J connectivity index is 0.000000562. The van der Waals surface area contributed by atoms with E-state index in [1.165, 1.54) is 114 Å². The number of thioether (sulfide) groups is 1. The molecule has 0 aromatic carbocycles. The second kappa shape index (κ2) is 44.7. The lowest BCUT2D eigenvalue weighted by Gasteiger charge is -2.23. The first kappa shape index (κ1) is 67.9. The summed E-state index contributed by atoms with van der Waals surface area (Å²) in [7, 11) is 5.54. The van der Waals surface area contributed by atoms with Gasteiger partial charge in [0.05, 0.1) is 0 Å². The standard InChI is InChI=1S/C35H60N2O8S.C22H38O5.C2H6/c1-36(2)22-12-26-46-35(42)37(23-9-10-25-38)24-11-17-34(41)45-31(27-43-32(39)20-18-29-13-5-3-6-14-29)28-44-33(40)21-19-30-15-7-4-8-16-30;1-25-20(16-26-21(23)14-12-18-8-4-2-5-9-18)17-27-22(24)15-13-19-10-6-3-7-11-19;1-2/h25,29-31H,3-24,26-28H2,1-2H3;18-20H,2-17H2,1H3;1-2H3. The molecule has 4 rings (SSSR count). The summed E-state index contributed by atoms with van der Waals surface area (Å²) in [5.74, 6) is 1.65. The van der Waals surface area contributed by atoms with E-state index < -0.39 is 12.1 Å². The van der Waals surface area contributed by atoms with Crippen molar-refractivity contribution in [1.29, 1.82) is 0 Å². The lowest BCUT2D eigenvalue weighted by Crippen LogP contribution is -2.32. The summed E-state index contributed by atoms with van der Waals surface area (Å²) in [5.41, 5.74) is 0. The third-order valence-electron chi connectivity index (χ3n) is 15.1. The first-order valence-corrected chi connectivity index (χ1v) is 30.8. The van der Waals surface area contributed by atoms with Gasteiger partial charge in [0.15, 0.2) is 6.10 Å². The van der Waals surface area contributed by atoms with Crippen LogP contribution in [0.3, 0.4) is 0 Å². The average molecular weight is 1080 g/mol. The predicted octanol–water partition coefficient (Wildman–Crippen LogP) is 12.4. The van der Waals surface area contributed by atoms with Gasteiger partial charge in [-0.05, 0) is 89.3 Å². The van der Waals surface area contributed by atoms with Crippen LogP contribution in [-0.2, 0) is 57.2 Å². The molecule has 1 amide bonds. The van der Waals surface area contributed by atoms with Crippen molar-refractivity contribution < 1.29 is 62.0 Å². The summed E-state index contributed by atoms with van der Waals surface area (Å²) < 4.78 is 32.5. The number of ether oxygens (including phenoxy) is 6. The highest BCUT2D eigenvalue weighted by molar-refractivity contribution is 8.13. The van der Waals surface area contributed by atoms with Gasteiger partial charge < -0.3 is 43.0 Å². The second-order valence-corrected chi connectivity index (χ2v) is 22.6. The van der Waals surface area contributed by atoms with Crippen LogP contribution in [0.1, 0.15) is 226 Å². The molecule has 4 saturated carbocycles. The maximum absolute atomic E-state index is 12.8. The molecule has 4 fully saturated rings. The van der Waals surface area contributed by atoms with Crippen molar-refractivity contribution in [3.8, 4) is 0 Å². The van der Waals surface area contributed by atoms with Crippen molar-refractivity contribution in [2.24, 2.45) is 23.7 Å². The fraction of sp³-hybridized carbons (Fsp3) is 0.881. The molecule has 16 heteroatoms. The highest BCUT2D eigenvalue weighted by Gasteiger charge is 2.24. The lowest BCUT2D eigenvalue weighted by atomic mass is 9.86. The number of rotatable bonds is 34.